The van der Waals surface area contributed by atoms with Crippen LogP contribution in [0.2, 0.25) is 0 Å². The molecule has 0 aromatic heterocycles. The van der Waals surface area contributed by atoms with Gasteiger partial charge in [0.25, 0.3) is 0 Å². The Kier molecular flexibility index (Phi) is 2.65. The minimum atomic E-state index is -0.964. The van der Waals surface area contributed by atoms with Crippen molar-refractivity contribution in [2.75, 3.05) is 13.1 Å². The van der Waals surface area contributed by atoms with Crippen LogP contribution < -0.4 is 5.73 Å². The van der Waals surface area contributed by atoms with E-state index in [0.29, 0.717) is 0 Å². The lowest BCUT2D eigenvalue weighted by Crippen LogP contribution is -2.50. The molecule has 0 saturated carbocycles. The molecule has 12 heavy (non-hydrogen) atoms. The molecular weight excluding hydrogens is 160 g/mol. The van der Waals surface area contributed by atoms with Gasteiger partial charge in [0.1, 0.15) is 6.04 Å². The standard InChI is InChI=1S/C7H12N2O3/c8-6(10)4-5(7(11)12)9-2-1-3-9/h5H,1-4H2,(H2,8,10)(H,11,12)/t5-/m0/s1. The van der Waals surface area contributed by atoms with Gasteiger partial charge in [-0.3, -0.25) is 14.5 Å². The van der Waals surface area contributed by atoms with Crippen molar-refractivity contribution in [2.45, 2.75) is 18.9 Å². The fourth-order valence-electron chi connectivity index (χ4n) is 1.22. The lowest BCUT2D eigenvalue weighted by atomic mass is 10.1. The Bertz CT molecular complexity index is 201. The Balaban J connectivity index is 2.48. The zero-order chi connectivity index (χ0) is 9.14. The van der Waals surface area contributed by atoms with Gasteiger partial charge in [0.15, 0.2) is 0 Å². The summed E-state index contributed by atoms with van der Waals surface area (Å²) in [4.78, 5) is 22.9. The van der Waals surface area contributed by atoms with Gasteiger partial charge in [-0.15, -0.1) is 0 Å². The first-order chi connectivity index (χ1) is 5.61. The Hall–Kier alpha value is -1.10. The van der Waals surface area contributed by atoms with E-state index in [-0.39, 0.29) is 6.42 Å². The van der Waals surface area contributed by atoms with E-state index >= 15 is 0 Å². The molecule has 1 aliphatic rings. The number of nitrogens with zero attached hydrogens (tertiary/aromatic N) is 1. The lowest BCUT2D eigenvalue weighted by Gasteiger charge is -2.35. The van der Waals surface area contributed by atoms with Crippen molar-refractivity contribution in [1.82, 2.24) is 4.90 Å². The van der Waals surface area contributed by atoms with Gasteiger partial charge in [0.2, 0.25) is 5.91 Å². The molecule has 1 saturated heterocycles. The largest absolute Gasteiger partial charge is 0.480 e. The van der Waals surface area contributed by atoms with E-state index in [2.05, 4.69) is 0 Å². The summed E-state index contributed by atoms with van der Waals surface area (Å²) in [7, 11) is 0. The molecule has 1 fully saturated rings. The first-order valence-corrected chi connectivity index (χ1v) is 3.86. The highest BCUT2D eigenvalue weighted by Crippen LogP contribution is 2.13. The van der Waals surface area contributed by atoms with Gasteiger partial charge >= 0.3 is 5.97 Å². The molecule has 1 rings (SSSR count). The van der Waals surface area contributed by atoms with Crippen molar-refractivity contribution in [2.24, 2.45) is 5.73 Å². The second-order valence-corrected chi connectivity index (χ2v) is 2.91. The van der Waals surface area contributed by atoms with E-state index in [4.69, 9.17) is 10.8 Å². The van der Waals surface area contributed by atoms with Crippen LogP contribution in [0.25, 0.3) is 0 Å². The average molecular weight is 172 g/mol. The fourth-order valence-corrected chi connectivity index (χ4v) is 1.22. The molecule has 0 unspecified atom stereocenters. The van der Waals surface area contributed by atoms with E-state index in [1.807, 2.05) is 0 Å². The predicted molar refractivity (Wildman–Crippen MR) is 41.4 cm³/mol. The normalized spacial score (nSPS) is 19.7. The number of carboxylic acid groups (broad SMARTS) is 1. The molecule has 3 N–H and O–H groups in total. The van der Waals surface area contributed by atoms with Crippen molar-refractivity contribution in [1.29, 1.82) is 0 Å². The van der Waals surface area contributed by atoms with Crippen LogP contribution in [0.3, 0.4) is 0 Å². The predicted octanol–water partition coefficient (Wildman–Crippen LogP) is -0.979. The van der Waals surface area contributed by atoms with Gasteiger partial charge in [-0.2, -0.15) is 0 Å². The molecule has 1 atom stereocenters. The molecule has 0 aliphatic carbocycles. The highest BCUT2D eigenvalue weighted by Gasteiger charge is 2.30. The van der Waals surface area contributed by atoms with Crippen LogP contribution in [0.5, 0.6) is 0 Å². The van der Waals surface area contributed by atoms with Gasteiger partial charge in [-0.25, -0.2) is 0 Å². The molecule has 1 amide bonds. The third-order valence-electron chi connectivity index (χ3n) is 2.01. The number of hydrogen-bond donors (Lipinski definition) is 2. The van der Waals surface area contributed by atoms with Crippen LogP contribution in [-0.4, -0.2) is 41.0 Å². The van der Waals surface area contributed by atoms with Crippen LogP contribution in [0.1, 0.15) is 12.8 Å². The number of carbonyl (C=O) groups is 2. The lowest BCUT2D eigenvalue weighted by molar-refractivity contribution is -0.147. The Morgan fingerprint density at radius 3 is 2.33 bits per heavy atom. The molecule has 0 aromatic carbocycles. The van der Waals surface area contributed by atoms with Crippen molar-refractivity contribution in [3.8, 4) is 0 Å². The maximum Gasteiger partial charge on any atom is 0.321 e. The first kappa shape index (κ1) is 8.99. The number of nitrogens with two attached hydrogens (primary N) is 1. The topological polar surface area (TPSA) is 83.6 Å². The van der Waals surface area contributed by atoms with E-state index in [0.717, 1.165) is 19.5 Å². The van der Waals surface area contributed by atoms with Gasteiger partial charge < -0.3 is 10.8 Å². The van der Waals surface area contributed by atoms with Crippen molar-refractivity contribution < 1.29 is 14.7 Å². The van der Waals surface area contributed by atoms with Crippen LogP contribution in [0.4, 0.5) is 0 Å². The minimum Gasteiger partial charge on any atom is -0.480 e. The number of carbonyl (C=O) groups excluding carboxylic acids is 1. The molecule has 1 heterocycles. The summed E-state index contributed by atoms with van der Waals surface area (Å²) in [5.41, 5.74) is 4.92. The quantitative estimate of drug-likeness (QED) is 0.571. The van der Waals surface area contributed by atoms with Crippen LogP contribution in [-0.2, 0) is 9.59 Å². The highest BCUT2D eigenvalue weighted by molar-refractivity contribution is 5.83. The number of likely N-dealkylation sites (tertiary alicyclic amines) is 1. The summed E-state index contributed by atoms with van der Waals surface area (Å²) >= 11 is 0. The number of rotatable bonds is 4. The Morgan fingerprint density at radius 1 is 1.50 bits per heavy atom. The van der Waals surface area contributed by atoms with E-state index in [1.165, 1.54) is 0 Å². The van der Waals surface area contributed by atoms with Crippen LogP contribution >= 0.6 is 0 Å². The minimum absolute atomic E-state index is 0.0880. The summed E-state index contributed by atoms with van der Waals surface area (Å²) in [5.74, 6) is -1.53. The van der Waals surface area contributed by atoms with Gasteiger partial charge in [0.05, 0.1) is 6.42 Å². The summed E-state index contributed by atoms with van der Waals surface area (Å²) < 4.78 is 0. The number of primary amides is 1. The molecule has 0 radical (unpaired) electrons. The smallest absolute Gasteiger partial charge is 0.321 e. The average Bonchev–Trinajstić information content (AvgIpc) is 1.80. The second kappa shape index (κ2) is 3.53. The summed E-state index contributed by atoms with van der Waals surface area (Å²) in [6.07, 6.45) is 0.915. The second-order valence-electron chi connectivity index (χ2n) is 2.91. The monoisotopic (exact) mass is 172 g/mol. The molecular formula is C7H12N2O3. The van der Waals surface area contributed by atoms with E-state index < -0.39 is 17.9 Å². The van der Waals surface area contributed by atoms with Gasteiger partial charge in [-0.1, -0.05) is 0 Å². The summed E-state index contributed by atoms with van der Waals surface area (Å²) in [6, 6.07) is -0.712. The molecule has 1 aliphatic heterocycles. The van der Waals surface area contributed by atoms with Gasteiger partial charge in [-0.05, 0) is 6.42 Å². The SMILES string of the molecule is NC(=O)C[C@@H](C(=O)O)N1CCC1. The molecule has 0 aromatic rings. The van der Waals surface area contributed by atoms with Crippen molar-refractivity contribution in [3.05, 3.63) is 0 Å². The summed E-state index contributed by atoms with van der Waals surface area (Å²) in [6.45, 7) is 1.51. The maximum atomic E-state index is 10.6. The third-order valence-corrected chi connectivity index (χ3v) is 2.01. The molecule has 0 spiro atoms. The molecule has 5 nitrogen and oxygen atoms in total. The third kappa shape index (κ3) is 1.94. The van der Waals surface area contributed by atoms with Gasteiger partial charge in [0, 0.05) is 13.1 Å². The highest BCUT2D eigenvalue weighted by atomic mass is 16.4. The number of carboxylic acids is 1. The zero-order valence-electron chi connectivity index (χ0n) is 6.69. The van der Waals surface area contributed by atoms with E-state index in [9.17, 15) is 9.59 Å². The molecule has 0 bridgehead atoms. The van der Waals surface area contributed by atoms with Crippen molar-refractivity contribution in [3.63, 3.8) is 0 Å². The van der Waals surface area contributed by atoms with Crippen molar-refractivity contribution >= 4 is 11.9 Å². The molecule has 5 heteroatoms. The fraction of sp³-hybridized carbons (Fsp3) is 0.714. The number of amides is 1. The van der Waals surface area contributed by atoms with Crippen LogP contribution in [0, 0.1) is 0 Å². The Labute approximate surface area is 70.1 Å². The number of aliphatic carboxylic acids is 1. The zero-order valence-corrected chi connectivity index (χ0v) is 6.69. The maximum absolute atomic E-state index is 10.6. The first-order valence-electron chi connectivity index (χ1n) is 3.86. The number of hydrogen-bond acceptors (Lipinski definition) is 3. The molecule has 68 valence electrons. The Morgan fingerprint density at radius 2 is 2.08 bits per heavy atom. The van der Waals surface area contributed by atoms with E-state index in [1.54, 1.807) is 4.90 Å². The summed E-state index contributed by atoms with van der Waals surface area (Å²) in [5, 5.41) is 8.71. The van der Waals surface area contributed by atoms with Crippen LogP contribution in [0.15, 0.2) is 0 Å².